The van der Waals surface area contributed by atoms with Crippen LogP contribution in [0.25, 0.3) is 0 Å². The maximum absolute atomic E-state index is 12.2. The van der Waals surface area contributed by atoms with E-state index in [1.807, 2.05) is 0 Å². The molecule has 0 spiro atoms. The smallest absolute Gasteiger partial charge is 0.310 e. The summed E-state index contributed by atoms with van der Waals surface area (Å²) >= 11 is 0. The topological polar surface area (TPSA) is 75.6 Å². The van der Waals surface area contributed by atoms with Crippen molar-refractivity contribution in [1.82, 2.24) is 5.32 Å². The fraction of sp³-hybridized carbons (Fsp3) is 0.750. The average Bonchev–Trinajstić information content (AvgIpc) is 3.06. The summed E-state index contributed by atoms with van der Waals surface area (Å²) in [5.74, 6) is -2.47. The Balaban J connectivity index is 1.71. The summed E-state index contributed by atoms with van der Waals surface area (Å²) in [7, 11) is 0. The van der Waals surface area contributed by atoms with Crippen LogP contribution in [0.15, 0.2) is 12.2 Å². The van der Waals surface area contributed by atoms with Crippen LogP contribution in [-0.2, 0) is 14.3 Å². The molecule has 2 heterocycles. The number of carboxylic acids is 1. The molecule has 5 nitrogen and oxygen atoms in total. The molecule has 0 unspecified atom stereocenters. The number of nitrogens with one attached hydrogen (secondary N) is 1. The highest BCUT2D eigenvalue weighted by molar-refractivity contribution is 5.87. The van der Waals surface area contributed by atoms with Gasteiger partial charge in [0.1, 0.15) is 5.92 Å². The lowest BCUT2D eigenvalue weighted by molar-refractivity contribution is -0.146. The number of carbonyl (C=O) groups excluding carboxylic acids is 1. The predicted molar refractivity (Wildman–Crippen MR) is 78.8 cm³/mol. The van der Waals surface area contributed by atoms with Crippen molar-refractivity contribution < 1.29 is 19.4 Å². The van der Waals surface area contributed by atoms with Crippen molar-refractivity contribution in [3.8, 4) is 0 Å². The Morgan fingerprint density at radius 3 is 2.33 bits per heavy atom. The first-order valence-corrected chi connectivity index (χ1v) is 7.99. The van der Waals surface area contributed by atoms with Crippen molar-refractivity contribution in [1.29, 1.82) is 0 Å². The van der Waals surface area contributed by atoms with Crippen LogP contribution < -0.4 is 5.32 Å². The van der Waals surface area contributed by atoms with Crippen LogP contribution in [0.4, 0.5) is 0 Å². The molecule has 2 N–H and O–H groups in total. The minimum atomic E-state index is -0.952. The van der Waals surface area contributed by atoms with Crippen LogP contribution >= 0.6 is 0 Å². The van der Waals surface area contributed by atoms with E-state index in [2.05, 4.69) is 12.2 Å². The number of hydrogen-bond acceptors (Lipinski definition) is 3. The van der Waals surface area contributed by atoms with Crippen LogP contribution in [0.5, 0.6) is 0 Å². The first-order chi connectivity index (χ1) is 10.1. The summed E-state index contributed by atoms with van der Waals surface area (Å²) in [6, 6.07) is 0. The fourth-order valence-electron chi connectivity index (χ4n) is 3.15. The lowest BCUT2D eigenvalue weighted by Crippen LogP contribution is -2.42. The van der Waals surface area contributed by atoms with Crippen LogP contribution in [0, 0.1) is 11.8 Å². The lowest BCUT2D eigenvalue weighted by atomic mass is 9.82. The summed E-state index contributed by atoms with van der Waals surface area (Å²) < 4.78 is 5.50. The van der Waals surface area contributed by atoms with Gasteiger partial charge in [-0.25, -0.2) is 0 Å². The molecule has 5 heteroatoms. The molecule has 2 rings (SSSR count). The Morgan fingerprint density at radius 2 is 1.67 bits per heavy atom. The molecule has 21 heavy (non-hydrogen) atoms. The minimum Gasteiger partial charge on any atom is -0.481 e. The summed E-state index contributed by atoms with van der Waals surface area (Å²) in [6.07, 6.45) is 9.73. The average molecular weight is 295 g/mol. The quantitative estimate of drug-likeness (QED) is 0.504. The molecule has 118 valence electrons. The van der Waals surface area contributed by atoms with Gasteiger partial charge in [0, 0.05) is 6.54 Å². The molecule has 0 saturated carbocycles. The molecular weight excluding hydrogens is 270 g/mol. The third-order valence-electron chi connectivity index (χ3n) is 4.32. The van der Waals surface area contributed by atoms with Crippen LogP contribution in [-0.4, -0.2) is 35.7 Å². The van der Waals surface area contributed by atoms with Gasteiger partial charge in [0.25, 0.3) is 0 Å². The zero-order chi connectivity index (χ0) is 15.2. The number of rotatable bonds is 9. The van der Waals surface area contributed by atoms with E-state index in [1.165, 1.54) is 25.7 Å². The van der Waals surface area contributed by atoms with E-state index in [0.717, 1.165) is 12.8 Å². The van der Waals surface area contributed by atoms with Crippen molar-refractivity contribution in [2.75, 3.05) is 6.54 Å². The van der Waals surface area contributed by atoms with Crippen LogP contribution in [0.1, 0.15) is 45.4 Å². The molecule has 2 aliphatic rings. The zero-order valence-corrected chi connectivity index (χ0v) is 12.6. The molecule has 0 aromatic rings. The van der Waals surface area contributed by atoms with Crippen molar-refractivity contribution in [3.63, 3.8) is 0 Å². The van der Waals surface area contributed by atoms with Gasteiger partial charge in [-0.3, -0.25) is 9.59 Å². The molecule has 4 atom stereocenters. The summed E-state index contributed by atoms with van der Waals surface area (Å²) in [5, 5.41) is 12.1. The largest absolute Gasteiger partial charge is 0.481 e. The number of ether oxygens (including phenoxy) is 1. The van der Waals surface area contributed by atoms with Crippen molar-refractivity contribution in [3.05, 3.63) is 12.2 Å². The fourth-order valence-corrected chi connectivity index (χ4v) is 3.15. The first-order valence-electron chi connectivity index (χ1n) is 7.99. The number of hydrogen-bond donors (Lipinski definition) is 2. The molecule has 0 radical (unpaired) electrons. The molecule has 1 saturated heterocycles. The molecular formula is C16H25NO4. The minimum absolute atomic E-state index is 0.187. The third kappa shape index (κ3) is 3.84. The molecule has 2 bridgehead atoms. The van der Waals surface area contributed by atoms with E-state index in [4.69, 9.17) is 4.74 Å². The maximum atomic E-state index is 12.2. The van der Waals surface area contributed by atoms with Crippen molar-refractivity contribution >= 4 is 11.9 Å². The van der Waals surface area contributed by atoms with Gasteiger partial charge in [-0.05, 0) is 6.42 Å². The molecule has 1 amide bonds. The molecule has 2 aliphatic heterocycles. The number of fused-ring (bicyclic) bond motifs is 2. The van der Waals surface area contributed by atoms with Gasteiger partial charge in [0.05, 0.1) is 18.1 Å². The maximum Gasteiger partial charge on any atom is 0.310 e. The number of amides is 1. The first kappa shape index (κ1) is 16.0. The number of unbranched alkanes of at least 4 members (excludes halogenated alkanes) is 5. The Kier molecular flexibility index (Phi) is 5.79. The van der Waals surface area contributed by atoms with Crippen molar-refractivity contribution in [2.24, 2.45) is 11.8 Å². The van der Waals surface area contributed by atoms with E-state index in [-0.39, 0.29) is 12.0 Å². The van der Waals surface area contributed by atoms with E-state index in [9.17, 15) is 14.7 Å². The lowest BCUT2D eigenvalue weighted by Gasteiger charge is -2.20. The SMILES string of the molecule is CCCCCCCCNC(=O)[C@@H]1[C@@H](C(=O)O)[C@@H]2C=C[C@H]1O2. The van der Waals surface area contributed by atoms with E-state index >= 15 is 0 Å². The highest BCUT2D eigenvalue weighted by Crippen LogP contribution is 2.39. The number of carboxylic acid groups (broad SMARTS) is 1. The van der Waals surface area contributed by atoms with Gasteiger partial charge in [-0.2, -0.15) is 0 Å². The standard InChI is InChI=1S/C16H25NO4/c1-2-3-4-5-6-7-10-17-15(18)13-11-8-9-12(21-11)14(13)16(19)20/h8-9,11-14H,2-7,10H2,1H3,(H,17,18)(H,19,20)/t11-,12+,13+,14+/m1/s1. The summed E-state index contributed by atoms with van der Waals surface area (Å²) in [4.78, 5) is 23.5. The number of aliphatic carboxylic acids is 1. The second-order valence-electron chi connectivity index (χ2n) is 5.90. The van der Waals surface area contributed by atoms with Crippen LogP contribution in [0.3, 0.4) is 0 Å². The number of carbonyl (C=O) groups is 2. The molecule has 0 aliphatic carbocycles. The van der Waals surface area contributed by atoms with Gasteiger partial charge in [-0.1, -0.05) is 51.2 Å². The normalized spacial score (nSPS) is 29.8. The van der Waals surface area contributed by atoms with Gasteiger partial charge < -0.3 is 15.2 Å². The summed E-state index contributed by atoms with van der Waals surface area (Å²) in [6.45, 7) is 2.81. The van der Waals surface area contributed by atoms with Crippen LogP contribution in [0.2, 0.25) is 0 Å². The van der Waals surface area contributed by atoms with Gasteiger partial charge in [0.2, 0.25) is 5.91 Å². The van der Waals surface area contributed by atoms with E-state index in [1.54, 1.807) is 12.2 Å². The Bertz CT molecular complexity index is 407. The Hall–Kier alpha value is -1.36. The highest BCUT2D eigenvalue weighted by Gasteiger charge is 2.52. The monoisotopic (exact) mass is 295 g/mol. The van der Waals surface area contributed by atoms with Gasteiger partial charge >= 0.3 is 5.97 Å². The van der Waals surface area contributed by atoms with Crippen molar-refractivity contribution in [2.45, 2.75) is 57.7 Å². The zero-order valence-electron chi connectivity index (χ0n) is 12.6. The second-order valence-corrected chi connectivity index (χ2v) is 5.90. The highest BCUT2D eigenvalue weighted by atomic mass is 16.5. The second kappa shape index (κ2) is 7.59. The predicted octanol–water partition coefficient (Wildman–Crippen LogP) is 2.12. The van der Waals surface area contributed by atoms with E-state index < -0.39 is 23.9 Å². The Morgan fingerprint density at radius 1 is 1.05 bits per heavy atom. The van der Waals surface area contributed by atoms with Gasteiger partial charge in [0.15, 0.2) is 0 Å². The molecule has 0 aromatic carbocycles. The summed E-state index contributed by atoms with van der Waals surface area (Å²) in [5.41, 5.74) is 0. The third-order valence-corrected chi connectivity index (χ3v) is 4.32. The van der Waals surface area contributed by atoms with E-state index in [0.29, 0.717) is 6.54 Å². The van der Waals surface area contributed by atoms with Gasteiger partial charge in [-0.15, -0.1) is 0 Å². The molecule has 0 aromatic heterocycles. The molecule has 1 fully saturated rings. The Labute approximate surface area is 125 Å².